The summed E-state index contributed by atoms with van der Waals surface area (Å²) < 4.78 is 10.7. The highest BCUT2D eigenvalue weighted by Gasteiger charge is 2.22. The Morgan fingerprint density at radius 1 is 1.38 bits per heavy atom. The predicted molar refractivity (Wildman–Crippen MR) is 102 cm³/mol. The van der Waals surface area contributed by atoms with Crippen LogP contribution in [0.1, 0.15) is 45.1 Å². The van der Waals surface area contributed by atoms with Gasteiger partial charge < -0.3 is 19.6 Å². The van der Waals surface area contributed by atoms with Crippen LogP contribution in [-0.4, -0.2) is 38.5 Å². The van der Waals surface area contributed by atoms with E-state index in [2.05, 4.69) is 17.4 Å². The average molecular weight is 383 g/mol. The van der Waals surface area contributed by atoms with E-state index >= 15 is 0 Å². The molecule has 1 aliphatic carbocycles. The van der Waals surface area contributed by atoms with E-state index in [9.17, 15) is 4.79 Å². The Kier molecular flexibility index (Phi) is 8.04. The van der Waals surface area contributed by atoms with Gasteiger partial charge in [-0.25, -0.2) is 0 Å². The van der Waals surface area contributed by atoms with Crippen molar-refractivity contribution < 1.29 is 19.1 Å². The summed E-state index contributed by atoms with van der Waals surface area (Å²) >= 11 is 6.21. The highest BCUT2D eigenvalue weighted by molar-refractivity contribution is 6.32. The zero-order chi connectivity index (χ0) is 18.9. The molecule has 1 aromatic rings. The smallest absolute Gasteiger partial charge is 0.261 e. The molecule has 6 nitrogen and oxygen atoms in total. The Balaban J connectivity index is 1.86. The van der Waals surface area contributed by atoms with Gasteiger partial charge in [-0.15, -0.1) is 0 Å². The first-order chi connectivity index (χ1) is 12.5. The van der Waals surface area contributed by atoms with Gasteiger partial charge >= 0.3 is 0 Å². The number of hydrogen-bond donors (Lipinski definition) is 1. The molecule has 7 heteroatoms. The van der Waals surface area contributed by atoms with E-state index in [0.29, 0.717) is 34.6 Å². The van der Waals surface area contributed by atoms with Crippen LogP contribution in [0.25, 0.3) is 0 Å². The van der Waals surface area contributed by atoms with Crippen molar-refractivity contribution in [2.45, 2.75) is 45.6 Å². The maximum absolute atomic E-state index is 12.0. The van der Waals surface area contributed by atoms with Crippen molar-refractivity contribution >= 4 is 23.7 Å². The molecule has 1 saturated carbocycles. The Bertz CT molecular complexity index is 636. The average Bonchev–Trinajstić information content (AvgIpc) is 2.62. The number of amides is 1. The lowest BCUT2D eigenvalue weighted by Crippen LogP contribution is -2.42. The quantitative estimate of drug-likeness (QED) is 0.548. The van der Waals surface area contributed by atoms with Crippen LogP contribution in [0, 0.1) is 5.92 Å². The molecule has 1 aliphatic rings. The molecular formula is C19H27ClN2O4. The molecule has 0 heterocycles. The Morgan fingerprint density at radius 2 is 2.15 bits per heavy atom. The molecule has 0 spiro atoms. The molecule has 0 bridgehead atoms. The third-order valence-corrected chi connectivity index (χ3v) is 4.75. The number of methoxy groups -OCH3 is 1. The summed E-state index contributed by atoms with van der Waals surface area (Å²) in [6.07, 6.45) is 6.07. The van der Waals surface area contributed by atoms with E-state index in [1.807, 2.05) is 6.92 Å². The van der Waals surface area contributed by atoms with Crippen molar-refractivity contribution in [3.63, 3.8) is 0 Å². The minimum absolute atomic E-state index is 0.110. The number of halogens is 1. The zero-order valence-corrected chi connectivity index (χ0v) is 16.3. The van der Waals surface area contributed by atoms with Gasteiger partial charge in [0.15, 0.2) is 18.1 Å². The highest BCUT2D eigenvalue weighted by atomic mass is 35.5. The van der Waals surface area contributed by atoms with Crippen LogP contribution in [-0.2, 0) is 9.63 Å². The number of ether oxygens (including phenoxy) is 2. The molecule has 1 fully saturated rings. The number of oxime groups is 1. The standard InChI is InChI=1S/C19H27ClN2O4/c1-4-25-19-15(20)9-14(10-17(19)24-3)11-21-26-12-18(23)22-16-8-6-5-7-13(16)2/h9-11,13,16H,4-8,12H2,1-3H3,(H,22,23)/b21-11-/t13-,16-/m1/s1. The second-order valence-corrected chi connectivity index (χ2v) is 6.82. The second-order valence-electron chi connectivity index (χ2n) is 6.41. The fourth-order valence-electron chi connectivity index (χ4n) is 3.07. The summed E-state index contributed by atoms with van der Waals surface area (Å²) in [6.45, 7) is 4.42. The van der Waals surface area contributed by atoms with Crippen LogP contribution in [0.5, 0.6) is 11.5 Å². The van der Waals surface area contributed by atoms with Crippen molar-refractivity contribution in [2.75, 3.05) is 20.3 Å². The largest absolute Gasteiger partial charge is 0.493 e. The van der Waals surface area contributed by atoms with Crippen molar-refractivity contribution in [2.24, 2.45) is 11.1 Å². The minimum atomic E-state index is -0.150. The number of carbonyl (C=O) groups is 1. The minimum Gasteiger partial charge on any atom is -0.493 e. The maximum atomic E-state index is 12.0. The molecule has 0 saturated heterocycles. The van der Waals surface area contributed by atoms with Gasteiger partial charge in [-0.3, -0.25) is 4.79 Å². The van der Waals surface area contributed by atoms with Gasteiger partial charge in [0.2, 0.25) is 0 Å². The summed E-state index contributed by atoms with van der Waals surface area (Å²) in [6, 6.07) is 3.68. The topological polar surface area (TPSA) is 69.2 Å². The molecule has 144 valence electrons. The highest BCUT2D eigenvalue weighted by Crippen LogP contribution is 2.36. The van der Waals surface area contributed by atoms with Gasteiger partial charge in [-0.2, -0.15) is 0 Å². The van der Waals surface area contributed by atoms with Crippen LogP contribution in [0.3, 0.4) is 0 Å². The lowest BCUT2D eigenvalue weighted by Gasteiger charge is -2.29. The molecule has 2 atom stereocenters. The van der Waals surface area contributed by atoms with E-state index in [-0.39, 0.29) is 18.6 Å². The Hall–Kier alpha value is -1.95. The molecule has 0 aromatic heterocycles. The van der Waals surface area contributed by atoms with Gasteiger partial charge in [0.05, 0.1) is 25.0 Å². The predicted octanol–water partition coefficient (Wildman–Crippen LogP) is 3.79. The fraction of sp³-hybridized carbons (Fsp3) is 0.579. The van der Waals surface area contributed by atoms with Crippen LogP contribution in [0.2, 0.25) is 5.02 Å². The molecule has 1 amide bonds. The van der Waals surface area contributed by atoms with E-state index in [1.165, 1.54) is 12.6 Å². The van der Waals surface area contributed by atoms with E-state index < -0.39 is 0 Å². The molecule has 26 heavy (non-hydrogen) atoms. The molecule has 1 aromatic carbocycles. The number of benzene rings is 1. The van der Waals surface area contributed by atoms with E-state index in [1.54, 1.807) is 19.2 Å². The molecule has 0 radical (unpaired) electrons. The number of nitrogens with one attached hydrogen (secondary N) is 1. The first-order valence-electron chi connectivity index (χ1n) is 9.00. The number of rotatable bonds is 8. The van der Waals surface area contributed by atoms with Gasteiger partial charge in [0, 0.05) is 11.6 Å². The van der Waals surface area contributed by atoms with E-state index in [4.69, 9.17) is 25.9 Å². The van der Waals surface area contributed by atoms with Crippen LogP contribution >= 0.6 is 11.6 Å². The van der Waals surface area contributed by atoms with Crippen molar-refractivity contribution in [3.8, 4) is 11.5 Å². The zero-order valence-electron chi connectivity index (χ0n) is 15.6. The van der Waals surface area contributed by atoms with E-state index in [0.717, 1.165) is 19.3 Å². The fourth-order valence-corrected chi connectivity index (χ4v) is 3.35. The van der Waals surface area contributed by atoms with Gasteiger partial charge in [-0.05, 0) is 37.8 Å². The van der Waals surface area contributed by atoms with Crippen LogP contribution in [0.4, 0.5) is 0 Å². The van der Waals surface area contributed by atoms with Crippen LogP contribution in [0.15, 0.2) is 17.3 Å². The molecular weight excluding hydrogens is 356 g/mol. The number of carbonyl (C=O) groups excluding carboxylic acids is 1. The first kappa shape index (κ1) is 20.4. The summed E-state index contributed by atoms with van der Waals surface area (Å²) in [5.74, 6) is 1.37. The van der Waals surface area contributed by atoms with Crippen molar-refractivity contribution in [3.05, 3.63) is 22.7 Å². The Labute approximate surface area is 159 Å². The monoisotopic (exact) mass is 382 g/mol. The summed E-state index contributed by atoms with van der Waals surface area (Å²) in [5.41, 5.74) is 0.691. The molecule has 1 N–H and O–H groups in total. The van der Waals surface area contributed by atoms with Gasteiger partial charge in [-0.1, -0.05) is 36.5 Å². The summed E-state index contributed by atoms with van der Waals surface area (Å²) in [5, 5.41) is 7.29. The lowest BCUT2D eigenvalue weighted by atomic mass is 9.86. The van der Waals surface area contributed by atoms with Crippen LogP contribution < -0.4 is 14.8 Å². The lowest BCUT2D eigenvalue weighted by molar-refractivity contribution is -0.126. The van der Waals surface area contributed by atoms with Crippen molar-refractivity contribution in [1.29, 1.82) is 0 Å². The third-order valence-electron chi connectivity index (χ3n) is 4.47. The number of nitrogens with zero attached hydrogens (tertiary/aromatic N) is 1. The number of hydrogen-bond acceptors (Lipinski definition) is 5. The third kappa shape index (κ3) is 5.80. The molecule has 0 unspecified atom stereocenters. The normalized spacial score (nSPS) is 20.0. The second kappa shape index (κ2) is 10.3. The summed E-state index contributed by atoms with van der Waals surface area (Å²) in [7, 11) is 1.54. The first-order valence-corrected chi connectivity index (χ1v) is 9.38. The maximum Gasteiger partial charge on any atom is 0.261 e. The molecule has 0 aliphatic heterocycles. The SMILES string of the molecule is CCOc1c(Cl)cc(/C=N\OCC(=O)N[C@@H]2CCCC[C@H]2C)cc1OC. The summed E-state index contributed by atoms with van der Waals surface area (Å²) in [4.78, 5) is 17.1. The van der Waals surface area contributed by atoms with Crippen molar-refractivity contribution in [1.82, 2.24) is 5.32 Å². The molecule has 2 rings (SSSR count). The Morgan fingerprint density at radius 3 is 2.85 bits per heavy atom. The van der Waals surface area contributed by atoms with Gasteiger partial charge in [0.25, 0.3) is 5.91 Å². The van der Waals surface area contributed by atoms with Gasteiger partial charge in [0.1, 0.15) is 0 Å².